The van der Waals surface area contributed by atoms with Gasteiger partial charge in [-0.1, -0.05) is 57.5 Å². The van der Waals surface area contributed by atoms with Crippen molar-refractivity contribution in [3.63, 3.8) is 0 Å². The fourth-order valence-corrected chi connectivity index (χ4v) is 3.50. The number of hydrogen-bond donors (Lipinski definition) is 1. The molecule has 1 aromatic heterocycles. The highest BCUT2D eigenvalue weighted by Gasteiger charge is 2.22. The minimum absolute atomic E-state index is 0.0786. The van der Waals surface area contributed by atoms with Gasteiger partial charge in [0.1, 0.15) is 0 Å². The van der Waals surface area contributed by atoms with E-state index < -0.39 is 5.95 Å². The van der Waals surface area contributed by atoms with Crippen LogP contribution in [0.3, 0.4) is 0 Å². The molecular weight excluding hydrogens is 407 g/mol. The topological polar surface area (TPSA) is 45.5 Å². The van der Waals surface area contributed by atoms with Gasteiger partial charge in [0.25, 0.3) is 0 Å². The molecule has 0 bridgehead atoms. The monoisotopic (exact) mass is 426 g/mol. The third kappa shape index (κ3) is 4.42. The number of nitrogens with zero attached hydrogens (tertiary/aromatic N) is 2. The van der Waals surface area contributed by atoms with Crippen molar-refractivity contribution in [2.24, 2.45) is 5.16 Å². The van der Waals surface area contributed by atoms with Gasteiger partial charge >= 0.3 is 0 Å². The summed E-state index contributed by atoms with van der Waals surface area (Å²) in [6.07, 6.45) is 1.81. The van der Waals surface area contributed by atoms with E-state index in [1.165, 1.54) is 6.20 Å². The van der Waals surface area contributed by atoms with E-state index in [2.05, 4.69) is 32.1 Å². The first-order chi connectivity index (χ1) is 13.0. The van der Waals surface area contributed by atoms with Gasteiger partial charge in [-0.3, -0.25) is 0 Å². The molecule has 1 atom stereocenters. The van der Waals surface area contributed by atoms with E-state index in [1.807, 2.05) is 56.3 Å². The number of aromatic nitrogens is 1. The molecule has 1 N–H and O–H groups in total. The first-order valence-corrected chi connectivity index (χ1v) is 9.43. The molecule has 3 nitrogen and oxygen atoms in total. The van der Waals surface area contributed by atoms with Crippen LogP contribution in [-0.2, 0) is 0 Å². The maximum absolute atomic E-state index is 14.3. The van der Waals surface area contributed by atoms with Crippen molar-refractivity contribution in [3.05, 3.63) is 99.0 Å². The molecule has 0 aliphatic rings. The van der Waals surface area contributed by atoms with Gasteiger partial charge in [-0.15, -0.1) is 0 Å². The molecule has 0 aliphatic carbocycles. The first kappa shape index (κ1) is 19.2. The molecule has 0 saturated carbocycles. The molecule has 1 unspecified atom stereocenters. The largest absolute Gasteiger partial charge is 0.411 e. The van der Waals surface area contributed by atoms with Gasteiger partial charge in [0.05, 0.1) is 11.3 Å². The quantitative estimate of drug-likeness (QED) is 0.235. The summed E-state index contributed by atoms with van der Waals surface area (Å²) in [6.45, 7) is 3.88. The van der Waals surface area contributed by atoms with Crippen molar-refractivity contribution < 1.29 is 9.60 Å². The van der Waals surface area contributed by atoms with Gasteiger partial charge in [0.2, 0.25) is 5.95 Å². The average Bonchev–Trinajstić information content (AvgIpc) is 2.67. The molecule has 0 radical (unpaired) electrons. The molecule has 0 amide bonds. The highest BCUT2D eigenvalue weighted by molar-refractivity contribution is 9.10. The fraction of sp³-hybridized carbons (Fsp3) is 0.182. The van der Waals surface area contributed by atoms with Crippen LogP contribution in [-0.4, -0.2) is 15.9 Å². The van der Waals surface area contributed by atoms with Crippen LogP contribution in [0.15, 0.2) is 70.4 Å². The number of hydrogen-bond acceptors (Lipinski definition) is 3. The summed E-state index contributed by atoms with van der Waals surface area (Å²) in [6, 6.07) is 17.8. The second-order valence-electron chi connectivity index (χ2n) is 6.56. The van der Waals surface area contributed by atoms with E-state index in [0.717, 1.165) is 26.7 Å². The first-order valence-electron chi connectivity index (χ1n) is 8.64. The third-order valence-electron chi connectivity index (χ3n) is 4.64. The zero-order valence-corrected chi connectivity index (χ0v) is 16.7. The summed E-state index contributed by atoms with van der Waals surface area (Å²) < 4.78 is 15.3. The Bertz CT molecular complexity index is 970. The number of rotatable bonds is 5. The van der Waals surface area contributed by atoms with Crippen LogP contribution in [0.1, 0.15) is 40.2 Å². The Labute approximate surface area is 166 Å². The SMILES string of the molecule is Cc1cnc(F)c(/C(CC(c2ccc(Br)cc2)c2ccccc2C)=N/O)c1. The molecule has 138 valence electrons. The van der Waals surface area contributed by atoms with Crippen molar-refractivity contribution in [1.82, 2.24) is 4.98 Å². The van der Waals surface area contributed by atoms with Gasteiger partial charge < -0.3 is 5.21 Å². The van der Waals surface area contributed by atoms with Crippen LogP contribution >= 0.6 is 15.9 Å². The molecule has 0 aliphatic heterocycles. The lowest BCUT2D eigenvalue weighted by Gasteiger charge is -2.21. The van der Waals surface area contributed by atoms with Gasteiger partial charge in [0, 0.05) is 23.0 Å². The highest BCUT2D eigenvalue weighted by Crippen LogP contribution is 2.32. The van der Waals surface area contributed by atoms with E-state index in [1.54, 1.807) is 6.07 Å². The number of halogens is 2. The van der Waals surface area contributed by atoms with Crippen molar-refractivity contribution in [1.29, 1.82) is 0 Å². The number of aryl methyl sites for hydroxylation is 2. The van der Waals surface area contributed by atoms with Gasteiger partial charge in [0.15, 0.2) is 0 Å². The molecule has 1 heterocycles. The summed E-state index contributed by atoms with van der Waals surface area (Å²) in [5, 5.41) is 13.1. The van der Waals surface area contributed by atoms with Crippen LogP contribution < -0.4 is 0 Å². The van der Waals surface area contributed by atoms with Gasteiger partial charge in [-0.2, -0.15) is 4.39 Å². The van der Waals surface area contributed by atoms with E-state index >= 15 is 0 Å². The molecule has 0 fully saturated rings. The zero-order chi connectivity index (χ0) is 19.4. The van der Waals surface area contributed by atoms with Gasteiger partial charge in [-0.25, -0.2) is 4.98 Å². The standard InChI is InChI=1S/C22H20BrFN2O/c1-14-11-20(22(24)25-13-14)21(26-27)12-19(16-7-9-17(23)10-8-16)18-6-4-3-5-15(18)2/h3-11,13,19,27H,12H2,1-2H3/b26-21+. The smallest absolute Gasteiger partial charge is 0.222 e. The molecule has 3 aromatic rings. The molecule has 5 heteroatoms. The van der Waals surface area contributed by atoms with Crippen molar-refractivity contribution in [2.45, 2.75) is 26.2 Å². The van der Waals surface area contributed by atoms with Crippen LogP contribution in [0.25, 0.3) is 0 Å². The maximum Gasteiger partial charge on any atom is 0.222 e. The lowest BCUT2D eigenvalue weighted by Crippen LogP contribution is -2.13. The number of oxime groups is 1. The molecular formula is C22H20BrFN2O. The Hall–Kier alpha value is -2.53. The van der Waals surface area contributed by atoms with Crippen LogP contribution in [0, 0.1) is 19.8 Å². The fourth-order valence-electron chi connectivity index (χ4n) is 3.23. The maximum atomic E-state index is 14.3. The Morgan fingerprint density at radius 2 is 1.85 bits per heavy atom. The predicted molar refractivity (Wildman–Crippen MR) is 109 cm³/mol. The number of pyridine rings is 1. The minimum Gasteiger partial charge on any atom is -0.411 e. The second kappa shape index (κ2) is 8.44. The summed E-state index contributed by atoms with van der Waals surface area (Å²) >= 11 is 3.46. The normalized spacial score (nSPS) is 12.8. The van der Waals surface area contributed by atoms with E-state index in [-0.39, 0.29) is 17.2 Å². The third-order valence-corrected chi connectivity index (χ3v) is 5.17. The Morgan fingerprint density at radius 1 is 1.15 bits per heavy atom. The second-order valence-corrected chi connectivity index (χ2v) is 7.48. The van der Waals surface area contributed by atoms with Crippen molar-refractivity contribution in [3.8, 4) is 0 Å². The Morgan fingerprint density at radius 3 is 2.52 bits per heavy atom. The van der Waals surface area contributed by atoms with E-state index in [0.29, 0.717) is 6.42 Å². The highest BCUT2D eigenvalue weighted by atomic mass is 79.9. The average molecular weight is 427 g/mol. The molecule has 0 spiro atoms. The van der Waals surface area contributed by atoms with Gasteiger partial charge in [-0.05, 0) is 54.3 Å². The Kier molecular flexibility index (Phi) is 6.01. The van der Waals surface area contributed by atoms with Crippen molar-refractivity contribution in [2.75, 3.05) is 0 Å². The molecule has 0 saturated heterocycles. The summed E-state index contributed by atoms with van der Waals surface area (Å²) in [5.41, 5.74) is 4.62. The van der Waals surface area contributed by atoms with Crippen LogP contribution in [0.2, 0.25) is 0 Å². The van der Waals surface area contributed by atoms with Crippen LogP contribution in [0.5, 0.6) is 0 Å². The van der Waals surface area contributed by atoms with Crippen molar-refractivity contribution >= 4 is 21.6 Å². The van der Waals surface area contributed by atoms with E-state index in [9.17, 15) is 9.60 Å². The minimum atomic E-state index is -0.632. The van der Waals surface area contributed by atoms with Crippen LogP contribution in [0.4, 0.5) is 4.39 Å². The summed E-state index contributed by atoms with van der Waals surface area (Å²) in [4.78, 5) is 3.76. The lowest BCUT2D eigenvalue weighted by molar-refractivity contribution is 0.317. The lowest BCUT2D eigenvalue weighted by atomic mass is 9.83. The predicted octanol–water partition coefficient (Wildman–Crippen LogP) is 6.00. The molecule has 2 aromatic carbocycles. The summed E-state index contributed by atoms with van der Waals surface area (Å²) in [5.74, 6) is -0.710. The van der Waals surface area contributed by atoms with E-state index in [4.69, 9.17) is 0 Å². The summed E-state index contributed by atoms with van der Waals surface area (Å²) in [7, 11) is 0. The molecule has 27 heavy (non-hydrogen) atoms. The number of benzene rings is 2. The molecule has 3 rings (SSSR count). The zero-order valence-electron chi connectivity index (χ0n) is 15.2. The Balaban J connectivity index is 2.06.